The molecule has 0 aromatic carbocycles. The second-order valence-corrected chi connectivity index (χ2v) is 6.15. The van der Waals surface area contributed by atoms with Crippen molar-refractivity contribution < 1.29 is 9.90 Å². The van der Waals surface area contributed by atoms with Crippen LogP contribution in [0.5, 0.6) is 0 Å². The Bertz CT molecular complexity index is 498. The minimum atomic E-state index is -0.153. The second kappa shape index (κ2) is 6.74. The van der Waals surface area contributed by atoms with Crippen molar-refractivity contribution in [1.82, 2.24) is 5.32 Å². The van der Waals surface area contributed by atoms with Gasteiger partial charge in [-0.15, -0.1) is 11.3 Å². The van der Waals surface area contributed by atoms with Crippen LogP contribution < -0.4 is 5.32 Å². The van der Waals surface area contributed by atoms with Crippen molar-refractivity contribution in [3.8, 4) is 11.8 Å². The zero-order valence-electron chi connectivity index (χ0n) is 11.1. The number of carbonyl (C=O) groups excluding carboxylic acids is 1. The van der Waals surface area contributed by atoms with Crippen molar-refractivity contribution in [1.29, 1.82) is 0 Å². The number of amides is 1. The van der Waals surface area contributed by atoms with E-state index in [-0.39, 0.29) is 12.5 Å². The van der Waals surface area contributed by atoms with E-state index in [1.165, 1.54) is 24.2 Å². The summed E-state index contributed by atoms with van der Waals surface area (Å²) in [6, 6.07) is 3.93. The average Bonchev–Trinajstić information content (AvgIpc) is 2.85. The zero-order valence-corrected chi connectivity index (χ0v) is 11.9. The zero-order chi connectivity index (χ0) is 13.7. The molecule has 2 atom stereocenters. The summed E-state index contributed by atoms with van der Waals surface area (Å²) in [6.07, 6.45) is 4.63. The van der Waals surface area contributed by atoms with Gasteiger partial charge in [0.15, 0.2) is 0 Å². The topological polar surface area (TPSA) is 49.3 Å². The second-order valence-electron chi connectivity index (χ2n) is 5.07. The number of aliphatic hydroxyl groups excluding tert-OH is 1. The molecule has 0 saturated heterocycles. The van der Waals surface area contributed by atoms with Gasteiger partial charge in [0.2, 0.25) is 0 Å². The number of thiophene rings is 1. The number of rotatable bonds is 2. The molecule has 0 aliphatic heterocycles. The summed E-state index contributed by atoms with van der Waals surface area (Å²) < 4.78 is 0. The minimum Gasteiger partial charge on any atom is -0.384 e. The molecule has 1 aromatic rings. The van der Waals surface area contributed by atoms with Crippen LogP contribution in [-0.4, -0.2) is 23.7 Å². The van der Waals surface area contributed by atoms with E-state index < -0.39 is 0 Å². The van der Waals surface area contributed by atoms with Gasteiger partial charge in [-0.25, -0.2) is 0 Å². The molecule has 0 bridgehead atoms. The molecule has 19 heavy (non-hydrogen) atoms. The quantitative estimate of drug-likeness (QED) is 0.816. The fraction of sp³-hybridized carbons (Fsp3) is 0.533. The lowest BCUT2D eigenvalue weighted by Gasteiger charge is -2.27. The van der Waals surface area contributed by atoms with Gasteiger partial charge < -0.3 is 10.4 Å². The van der Waals surface area contributed by atoms with Crippen LogP contribution in [0.2, 0.25) is 0 Å². The fourth-order valence-electron chi connectivity index (χ4n) is 2.48. The smallest absolute Gasteiger partial charge is 0.261 e. The standard InChI is InChI=1S/C15H19NO2S/c1-11-4-2-5-12(10-11)16-15(18)14-8-7-13(19-14)6-3-9-17/h7-8,11-12,17H,2,4-5,9-10H2,1H3,(H,16,18). The Hall–Kier alpha value is -1.31. The van der Waals surface area contributed by atoms with Crippen LogP contribution in [-0.2, 0) is 0 Å². The maximum Gasteiger partial charge on any atom is 0.261 e. The molecule has 1 fully saturated rings. The molecular weight excluding hydrogens is 258 g/mol. The van der Waals surface area contributed by atoms with Crippen molar-refractivity contribution in [3.05, 3.63) is 21.9 Å². The van der Waals surface area contributed by atoms with Gasteiger partial charge in [-0.3, -0.25) is 4.79 Å². The number of nitrogens with one attached hydrogen (secondary N) is 1. The van der Waals surface area contributed by atoms with Gasteiger partial charge >= 0.3 is 0 Å². The van der Waals surface area contributed by atoms with Gasteiger partial charge in [-0.1, -0.05) is 31.6 Å². The predicted octanol–water partition coefficient (Wildman–Crippen LogP) is 2.40. The summed E-state index contributed by atoms with van der Waals surface area (Å²) in [6.45, 7) is 2.09. The highest BCUT2D eigenvalue weighted by Crippen LogP contribution is 2.24. The third-order valence-electron chi connectivity index (χ3n) is 3.39. The van der Waals surface area contributed by atoms with Crippen molar-refractivity contribution in [2.75, 3.05) is 6.61 Å². The SMILES string of the molecule is CC1CCCC(NC(=O)c2ccc(C#CCO)s2)C1. The number of hydrogen-bond donors (Lipinski definition) is 2. The van der Waals surface area contributed by atoms with E-state index in [9.17, 15) is 4.79 Å². The number of hydrogen-bond acceptors (Lipinski definition) is 3. The average molecular weight is 277 g/mol. The molecule has 1 saturated carbocycles. The Morgan fingerprint density at radius 2 is 2.37 bits per heavy atom. The first kappa shape index (κ1) is 14.1. The maximum atomic E-state index is 12.1. The van der Waals surface area contributed by atoms with E-state index in [0.29, 0.717) is 16.8 Å². The van der Waals surface area contributed by atoms with Gasteiger partial charge in [0.1, 0.15) is 6.61 Å². The molecule has 2 rings (SSSR count). The van der Waals surface area contributed by atoms with E-state index >= 15 is 0 Å². The lowest BCUT2D eigenvalue weighted by Crippen LogP contribution is -2.37. The Labute approximate surface area is 118 Å². The Morgan fingerprint density at radius 1 is 1.53 bits per heavy atom. The maximum absolute atomic E-state index is 12.1. The van der Waals surface area contributed by atoms with Crippen LogP contribution in [0, 0.1) is 17.8 Å². The molecule has 4 heteroatoms. The lowest BCUT2D eigenvalue weighted by molar-refractivity contribution is 0.0925. The van der Waals surface area contributed by atoms with E-state index in [1.807, 2.05) is 6.07 Å². The molecule has 1 aromatic heterocycles. The summed E-state index contributed by atoms with van der Waals surface area (Å²) in [4.78, 5) is 13.6. The van der Waals surface area contributed by atoms with Crippen molar-refractivity contribution in [2.24, 2.45) is 5.92 Å². The molecule has 1 amide bonds. The van der Waals surface area contributed by atoms with Crippen molar-refractivity contribution in [2.45, 2.75) is 38.6 Å². The summed E-state index contributed by atoms with van der Waals surface area (Å²) in [5.41, 5.74) is 0. The van der Waals surface area contributed by atoms with Gasteiger partial charge in [-0.05, 0) is 30.9 Å². The van der Waals surface area contributed by atoms with Gasteiger partial charge in [0.05, 0.1) is 9.75 Å². The molecule has 3 nitrogen and oxygen atoms in total. The Kier molecular flexibility index (Phi) is 5.00. The van der Waals surface area contributed by atoms with E-state index in [2.05, 4.69) is 24.1 Å². The van der Waals surface area contributed by atoms with Crippen LogP contribution in [0.3, 0.4) is 0 Å². The predicted molar refractivity (Wildman–Crippen MR) is 77.2 cm³/mol. The highest BCUT2D eigenvalue weighted by Gasteiger charge is 2.21. The lowest BCUT2D eigenvalue weighted by atomic mass is 9.87. The summed E-state index contributed by atoms with van der Waals surface area (Å²) >= 11 is 1.37. The molecule has 2 unspecified atom stereocenters. The normalized spacial score (nSPS) is 22.4. The highest BCUT2D eigenvalue weighted by molar-refractivity contribution is 7.14. The Morgan fingerprint density at radius 3 is 3.11 bits per heavy atom. The first-order chi connectivity index (χ1) is 9.19. The molecular formula is C15H19NO2S. The highest BCUT2D eigenvalue weighted by atomic mass is 32.1. The van der Waals surface area contributed by atoms with Crippen LogP contribution in [0.15, 0.2) is 12.1 Å². The van der Waals surface area contributed by atoms with Crippen molar-refractivity contribution in [3.63, 3.8) is 0 Å². The first-order valence-corrected chi connectivity index (χ1v) is 7.51. The van der Waals surface area contributed by atoms with E-state index in [1.54, 1.807) is 6.07 Å². The molecule has 1 aliphatic carbocycles. The third-order valence-corrected chi connectivity index (χ3v) is 4.39. The fourth-order valence-corrected chi connectivity index (χ4v) is 3.26. The molecule has 1 aliphatic rings. The van der Waals surface area contributed by atoms with Crippen LogP contribution in [0.1, 0.15) is 47.2 Å². The van der Waals surface area contributed by atoms with Crippen LogP contribution in [0.4, 0.5) is 0 Å². The summed E-state index contributed by atoms with van der Waals surface area (Å²) in [7, 11) is 0. The monoisotopic (exact) mass is 277 g/mol. The van der Waals surface area contributed by atoms with Gasteiger partial charge in [0, 0.05) is 6.04 Å². The first-order valence-electron chi connectivity index (χ1n) is 6.69. The molecule has 0 radical (unpaired) electrons. The summed E-state index contributed by atoms with van der Waals surface area (Å²) in [5, 5.41) is 11.7. The van der Waals surface area contributed by atoms with Crippen LogP contribution in [0.25, 0.3) is 0 Å². The largest absolute Gasteiger partial charge is 0.384 e. The minimum absolute atomic E-state index is 0.00106. The number of carbonyl (C=O) groups is 1. The van der Waals surface area contributed by atoms with Gasteiger partial charge in [-0.2, -0.15) is 0 Å². The van der Waals surface area contributed by atoms with Crippen molar-refractivity contribution >= 4 is 17.2 Å². The van der Waals surface area contributed by atoms with Crippen LogP contribution >= 0.6 is 11.3 Å². The molecule has 0 spiro atoms. The van der Waals surface area contributed by atoms with E-state index in [4.69, 9.17) is 5.11 Å². The number of aliphatic hydroxyl groups is 1. The third kappa shape index (κ3) is 4.09. The Balaban J connectivity index is 1.94. The molecule has 2 N–H and O–H groups in total. The van der Waals surface area contributed by atoms with E-state index in [0.717, 1.165) is 17.7 Å². The molecule has 1 heterocycles. The molecule has 102 valence electrons. The van der Waals surface area contributed by atoms with Gasteiger partial charge in [0.25, 0.3) is 5.91 Å². The summed E-state index contributed by atoms with van der Waals surface area (Å²) in [5.74, 6) is 6.11.